The van der Waals surface area contributed by atoms with Gasteiger partial charge in [0.2, 0.25) is 4.96 Å². The highest BCUT2D eigenvalue weighted by Crippen LogP contribution is 2.38. The summed E-state index contributed by atoms with van der Waals surface area (Å²) in [5.41, 5.74) is 3.21. The first-order valence-corrected chi connectivity index (χ1v) is 9.43. The van der Waals surface area contributed by atoms with Gasteiger partial charge < -0.3 is 0 Å². The Kier molecular flexibility index (Phi) is 3.55. The average Bonchev–Trinajstić information content (AvgIpc) is 3.16. The van der Waals surface area contributed by atoms with E-state index in [0.717, 1.165) is 31.6 Å². The van der Waals surface area contributed by atoms with Crippen molar-refractivity contribution >= 4 is 27.1 Å². The van der Waals surface area contributed by atoms with Crippen LogP contribution in [-0.4, -0.2) is 25.1 Å². The van der Waals surface area contributed by atoms with Crippen molar-refractivity contribution in [2.45, 2.75) is 4.90 Å². The average molecular weight is 339 g/mol. The first-order valence-electron chi connectivity index (χ1n) is 7.06. The third-order valence-corrected chi connectivity index (χ3v) is 5.66. The zero-order valence-electron chi connectivity index (χ0n) is 12.3. The molecule has 0 aliphatic heterocycles. The van der Waals surface area contributed by atoms with Crippen LogP contribution in [0.5, 0.6) is 0 Å². The summed E-state index contributed by atoms with van der Waals surface area (Å²) in [6.45, 7) is 0. The molecule has 0 saturated heterocycles. The summed E-state index contributed by atoms with van der Waals surface area (Å²) < 4.78 is 13.4. The Labute approximate surface area is 139 Å². The fourth-order valence-corrected chi connectivity index (χ4v) is 4.11. The molecule has 0 fully saturated rings. The molecule has 0 amide bonds. The predicted molar refractivity (Wildman–Crippen MR) is 94.1 cm³/mol. The monoisotopic (exact) mass is 339 g/mol. The van der Waals surface area contributed by atoms with Gasteiger partial charge in [-0.2, -0.15) is 5.10 Å². The molecule has 114 valence electrons. The lowest BCUT2D eigenvalue weighted by Crippen LogP contribution is -1.90. The molecule has 4 aromatic rings. The van der Waals surface area contributed by atoms with Crippen LogP contribution in [0, 0.1) is 0 Å². The quantitative estimate of drug-likeness (QED) is 0.569. The highest BCUT2D eigenvalue weighted by Gasteiger charge is 2.17. The van der Waals surface area contributed by atoms with Gasteiger partial charge in [0.15, 0.2) is 0 Å². The van der Waals surface area contributed by atoms with Crippen molar-refractivity contribution in [1.29, 1.82) is 0 Å². The highest BCUT2D eigenvalue weighted by atomic mass is 32.2. The van der Waals surface area contributed by atoms with Gasteiger partial charge in [0.05, 0.1) is 10.6 Å². The van der Waals surface area contributed by atoms with Gasteiger partial charge in [-0.1, -0.05) is 53.8 Å². The second-order valence-corrected chi connectivity index (χ2v) is 7.44. The Morgan fingerprint density at radius 1 is 1.00 bits per heavy atom. The van der Waals surface area contributed by atoms with Gasteiger partial charge >= 0.3 is 0 Å². The van der Waals surface area contributed by atoms with Crippen LogP contribution in [0.2, 0.25) is 0 Å². The van der Waals surface area contributed by atoms with Crippen LogP contribution in [0.25, 0.3) is 26.7 Å². The minimum Gasteiger partial charge on any atom is -0.255 e. The number of aromatic nitrogens is 3. The van der Waals surface area contributed by atoms with Crippen LogP contribution in [-0.2, 0) is 10.8 Å². The van der Waals surface area contributed by atoms with Crippen molar-refractivity contribution < 1.29 is 4.21 Å². The van der Waals surface area contributed by atoms with E-state index in [-0.39, 0.29) is 0 Å². The number of thiazole rings is 1. The highest BCUT2D eigenvalue weighted by molar-refractivity contribution is 7.84. The van der Waals surface area contributed by atoms with Gasteiger partial charge in [-0.3, -0.25) is 4.21 Å². The summed E-state index contributed by atoms with van der Waals surface area (Å²) in [6.07, 6.45) is 3.26. The fraction of sp³-hybridized carbons (Fsp3) is 0.0588. The molecule has 0 radical (unpaired) electrons. The smallest absolute Gasteiger partial charge is 0.213 e. The van der Waals surface area contributed by atoms with Crippen molar-refractivity contribution in [2.24, 2.45) is 0 Å². The van der Waals surface area contributed by atoms with Crippen LogP contribution < -0.4 is 0 Å². The maximum Gasteiger partial charge on any atom is 0.213 e. The number of fused-ring (bicyclic) bond motifs is 1. The predicted octanol–water partition coefficient (Wildman–Crippen LogP) is 3.86. The molecule has 0 N–H and O–H groups in total. The molecule has 6 heteroatoms. The Morgan fingerprint density at radius 2 is 1.74 bits per heavy atom. The van der Waals surface area contributed by atoms with E-state index in [2.05, 4.69) is 22.2 Å². The zero-order chi connectivity index (χ0) is 15.8. The Morgan fingerprint density at radius 3 is 2.43 bits per heavy atom. The second kappa shape index (κ2) is 5.72. The number of hydrogen-bond acceptors (Lipinski definition) is 4. The maximum absolute atomic E-state index is 11.6. The summed E-state index contributed by atoms with van der Waals surface area (Å²) in [5, 5.41) is 4.35. The van der Waals surface area contributed by atoms with Crippen molar-refractivity contribution in [1.82, 2.24) is 14.6 Å². The minimum absolute atomic E-state index is 0.828. The lowest BCUT2D eigenvalue weighted by molar-refractivity contribution is 0.687. The van der Waals surface area contributed by atoms with E-state index in [1.54, 1.807) is 23.9 Å². The van der Waals surface area contributed by atoms with Gasteiger partial charge in [-0.15, -0.1) is 0 Å². The van der Waals surface area contributed by atoms with Gasteiger partial charge in [0, 0.05) is 27.5 Å². The van der Waals surface area contributed by atoms with E-state index < -0.39 is 10.8 Å². The summed E-state index contributed by atoms with van der Waals surface area (Å²) in [5.74, 6) is 0. The second-order valence-electron chi connectivity index (χ2n) is 5.08. The Hall–Kier alpha value is -2.31. The van der Waals surface area contributed by atoms with Crippen LogP contribution in [0.1, 0.15) is 0 Å². The van der Waals surface area contributed by atoms with Gasteiger partial charge in [-0.05, 0) is 17.7 Å². The molecule has 23 heavy (non-hydrogen) atoms. The van der Waals surface area contributed by atoms with Crippen molar-refractivity contribution in [3.8, 4) is 21.7 Å². The molecule has 1 atom stereocenters. The van der Waals surface area contributed by atoms with Crippen LogP contribution in [0.4, 0.5) is 0 Å². The first-order chi connectivity index (χ1) is 11.2. The first kappa shape index (κ1) is 14.3. The van der Waals surface area contributed by atoms with E-state index in [0.29, 0.717) is 0 Å². The van der Waals surface area contributed by atoms with Gasteiger partial charge in [-0.25, -0.2) is 9.50 Å². The SMILES string of the molecule is CS(=O)c1ccc(-c2sc3ncnn3c2-c2ccccc2)cc1. The number of rotatable bonds is 3. The molecule has 0 spiro atoms. The normalized spacial score (nSPS) is 12.6. The van der Waals surface area contributed by atoms with Crippen molar-refractivity contribution in [3.05, 3.63) is 60.9 Å². The summed E-state index contributed by atoms with van der Waals surface area (Å²) in [7, 11) is -0.968. The van der Waals surface area contributed by atoms with Crippen molar-refractivity contribution in [3.63, 3.8) is 0 Å². The van der Waals surface area contributed by atoms with Crippen LogP contribution >= 0.6 is 11.3 Å². The van der Waals surface area contributed by atoms with E-state index in [1.807, 2.05) is 47.0 Å². The zero-order valence-corrected chi connectivity index (χ0v) is 14.0. The summed E-state index contributed by atoms with van der Waals surface area (Å²) in [4.78, 5) is 7.12. The largest absolute Gasteiger partial charge is 0.255 e. The molecule has 4 nitrogen and oxygen atoms in total. The molecule has 1 unspecified atom stereocenters. The van der Waals surface area contributed by atoms with Gasteiger partial charge in [0.1, 0.15) is 6.33 Å². The lowest BCUT2D eigenvalue weighted by atomic mass is 10.1. The third-order valence-electron chi connectivity index (χ3n) is 3.63. The number of benzene rings is 2. The van der Waals surface area contributed by atoms with Crippen LogP contribution in [0.3, 0.4) is 0 Å². The minimum atomic E-state index is -0.968. The summed E-state index contributed by atoms with van der Waals surface area (Å²) in [6, 6.07) is 18.0. The van der Waals surface area contributed by atoms with E-state index in [1.165, 1.54) is 0 Å². The van der Waals surface area contributed by atoms with E-state index >= 15 is 0 Å². The molecule has 0 bridgehead atoms. The lowest BCUT2D eigenvalue weighted by Gasteiger charge is -2.05. The van der Waals surface area contributed by atoms with Gasteiger partial charge in [0.25, 0.3) is 0 Å². The third kappa shape index (κ3) is 2.50. The maximum atomic E-state index is 11.6. The van der Waals surface area contributed by atoms with Crippen molar-refractivity contribution in [2.75, 3.05) is 6.26 Å². The fourth-order valence-electron chi connectivity index (χ4n) is 2.53. The van der Waals surface area contributed by atoms with Crippen LogP contribution in [0.15, 0.2) is 65.8 Å². The summed E-state index contributed by atoms with van der Waals surface area (Å²) >= 11 is 1.61. The molecule has 0 aliphatic carbocycles. The van der Waals surface area contributed by atoms with E-state index in [9.17, 15) is 4.21 Å². The Bertz CT molecular complexity index is 988. The molecular weight excluding hydrogens is 326 g/mol. The molecule has 0 saturated carbocycles. The molecular formula is C17H13N3OS2. The molecule has 2 aromatic carbocycles. The number of hydrogen-bond donors (Lipinski definition) is 0. The van der Waals surface area contributed by atoms with E-state index in [4.69, 9.17) is 0 Å². The molecule has 2 heterocycles. The molecule has 2 aromatic heterocycles. The standard InChI is InChI=1S/C17H13N3OS2/c1-23(21)14-9-7-13(8-10-14)16-15(12-5-3-2-4-6-12)20-17(22-16)18-11-19-20/h2-11H,1H3. The molecule has 0 aliphatic rings. The topological polar surface area (TPSA) is 47.3 Å². The number of nitrogens with zero attached hydrogens (tertiary/aromatic N) is 3. The molecule has 4 rings (SSSR count). The Balaban J connectivity index is 1.93.